The third-order valence-corrected chi connectivity index (χ3v) is 6.77. The Hall–Kier alpha value is -1.97. The number of carbonyl (C=O) groups excluding carboxylic acids is 1. The third kappa shape index (κ3) is 2.53. The molecule has 2 heterocycles. The van der Waals surface area contributed by atoms with E-state index >= 15 is 0 Å². The zero-order chi connectivity index (χ0) is 17.7. The Bertz CT molecular complexity index is 779. The molecule has 1 aromatic rings. The minimum absolute atomic E-state index is 0.0515. The number of hydrogen-bond acceptors (Lipinski definition) is 3. The lowest BCUT2D eigenvalue weighted by atomic mass is 9.72. The Morgan fingerprint density at radius 1 is 0.885 bits per heavy atom. The van der Waals surface area contributed by atoms with Crippen LogP contribution in [-0.2, 0) is 4.79 Å². The van der Waals surface area contributed by atoms with E-state index in [-0.39, 0.29) is 17.9 Å². The first-order chi connectivity index (χ1) is 12.7. The van der Waals surface area contributed by atoms with E-state index in [1.54, 1.807) is 5.01 Å². The highest BCUT2D eigenvalue weighted by molar-refractivity contribution is 6.12. The first kappa shape index (κ1) is 16.2. The topological polar surface area (TPSA) is 45.0 Å². The summed E-state index contributed by atoms with van der Waals surface area (Å²) >= 11 is 0. The molecule has 4 atom stereocenters. The van der Waals surface area contributed by atoms with Gasteiger partial charge < -0.3 is 0 Å². The number of rotatable bonds is 1. The van der Waals surface area contributed by atoms with Crippen molar-refractivity contribution in [2.24, 2.45) is 27.8 Å². The Morgan fingerprint density at radius 3 is 2.31 bits per heavy atom. The summed E-state index contributed by atoms with van der Waals surface area (Å²) in [4.78, 5) is 18.4. The van der Waals surface area contributed by atoms with Gasteiger partial charge in [-0.05, 0) is 38.2 Å². The lowest BCUT2D eigenvalue weighted by Gasteiger charge is -2.45. The van der Waals surface area contributed by atoms with E-state index < -0.39 is 0 Å². The predicted molar refractivity (Wildman–Crippen MR) is 103 cm³/mol. The van der Waals surface area contributed by atoms with Crippen molar-refractivity contribution in [3.8, 4) is 0 Å². The smallest absolute Gasteiger partial charge is 0.253 e. The minimum Gasteiger partial charge on any atom is -0.272 e. The maximum Gasteiger partial charge on any atom is 0.253 e. The van der Waals surface area contributed by atoms with Crippen molar-refractivity contribution in [2.45, 2.75) is 64.3 Å². The molecule has 136 valence electrons. The van der Waals surface area contributed by atoms with Crippen LogP contribution in [0.15, 0.2) is 34.4 Å². The number of amidine groups is 1. The number of fused-ring (bicyclic) bond motifs is 4. The van der Waals surface area contributed by atoms with Gasteiger partial charge in [0.2, 0.25) is 0 Å². The average molecular weight is 349 g/mol. The lowest BCUT2D eigenvalue weighted by molar-refractivity contribution is -0.134. The van der Waals surface area contributed by atoms with Gasteiger partial charge in [0, 0.05) is 11.8 Å². The van der Waals surface area contributed by atoms with Crippen molar-refractivity contribution in [2.75, 3.05) is 0 Å². The van der Waals surface area contributed by atoms with E-state index in [2.05, 4.69) is 31.2 Å². The van der Waals surface area contributed by atoms with Crippen molar-refractivity contribution in [3.63, 3.8) is 0 Å². The Labute approximate surface area is 155 Å². The summed E-state index contributed by atoms with van der Waals surface area (Å²) in [6, 6.07) is 8.84. The fraction of sp³-hybridized carbons (Fsp3) is 0.591. The Balaban J connectivity index is 1.60. The molecular weight excluding hydrogens is 322 g/mol. The Kier molecular flexibility index (Phi) is 3.95. The molecule has 0 N–H and O–H groups in total. The summed E-state index contributed by atoms with van der Waals surface area (Å²) in [5.74, 6) is 2.02. The van der Waals surface area contributed by atoms with Crippen LogP contribution in [0, 0.1) is 24.7 Å². The van der Waals surface area contributed by atoms with Crippen LogP contribution in [0.5, 0.6) is 0 Å². The van der Waals surface area contributed by atoms with Crippen LogP contribution in [0.1, 0.15) is 62.5 Å². The highest BCUT2D eigenvalue weighted by Gasteiger charge is 2.47. The van der Waals surface area contributed by atoms with Gasteiger partial charge in [0.25, 0.3) is 5.91 Å². The first-order valence-corrected chi connectivity index (χ1v) is 10.3. The number of hydrogen-bond donors (Lipinski definition) is 0. The summed E-state index contributed by atoms with van der Waals surface area (Å²) < 4.78 is 0. The van der Waals surface area contributed by atoms with Gasteiger partial charge in [0.05, 0.1) is 17.7 Å². The zero-order valence-corrected chi connectivity index (χ0v) is 15.5. The minimum atomic E-state index is 0.0515. The molecule has 2 aliphatic carbocycles. The highest BCUT2D eigenvalue weighted by Crippen LogP contribution is 2.42. The van der Waals surface area contributed by atoms with Crippen LogP contribution >= 0.6 is 0 Å². The van der Waals surface area contributed by atoms with Gasteiger partial charge in [-0.15, -0.1) is 0 Å². The molecule has 2 saturated carbocycles. The fourth-order valence-electron chi connectivity index (χ4n) is 5.35. The molecule has 0 aromatic heterocycles. The first-order valence-electron chi connectivity index (χ1n) is 10.3. The number of hydrazone groups is 1. The van der Waals surface area contributed by atoms with Gasteiger partial charge in [-0.3, -0.25) is 9.79 Å². The van der Waals surface area contributed by atoms with Crippen LogP contribution in [0.3, 0.4) is 0 Å². The molecule has 4 heteroatoms. The maximum atomic E-state index is 13.2. The molecule has 2 aliphatic heterocycles. The summed E-state index contributed by atoms with van der Waals surface area (Å²) in [6.07, 6.45) is 9.17. The molecule has 0 unspecified atom stereocenters. The molecule has 0 saturated heterocycles. The average Bonchev–Trinajstić information content (AvgIpc) is 2.69. The van der Waals surface area contributed by atoms with E-state index in [9.17, 15) is 4.79 Å². The van der Waals surface area contributed by atoms with Gasteiger partial charge in [0.1, 0.15) is 5.84 Å². The standard InChI is InChI=1S/C22H27N3O/c1-14-10-12-15(13-11-14)20-16-6-2-3-7-17(16)21-23-19-9-5-4-8-18(19)22(26)25(21)24-20/h10-13,16-19H,2-9H2,1H3/t16-,17+,18+,19-/m1/s1. The van der Waals surface area contributed by atoms with Crippen molar-refractivity contribution in [1.29, 1.82) is 0 Å². The SMILES string of the molecule is Cc1ccc(C2=NN3C(=O)[C@H]4CCCC[C@H]4N=C3[C@H]3CCCC[C@@H]23)cc1. The molecule has 0 bridgehead atoms. The summed E-state index contributed by atoms with van der Waals surface area (Å²) in [6.45, 7) is 2.11. The van der Waals surface area contributed by atoms with Crippen LogP contribution in [0.4, 0.5) is 0 Å². The van der Waals surface area contributed by atoms with Crippen LogP contribution in [0.2, 0.25) is 0 Å². The van der Waals surface area contributed by atoms with Crippen LogP contribution in [-0.4, -0.2) is 28.5 Å². The van der Waals surface area contributed by atoms with Gasteiger partial charge in [-0.1, -0.05) is 55.5 Å². The van der Waals surface area contributed by atoms with E-state index in [1.165, 1.54) is 30.4 Å². The van der Waals surface area contributed by atoms with Gasteiger partial charge in [-0.2, -0.15) is 10.1 Å². The largest absolute Gasteiger partial charge is 0.272 e. The summed E-state index contributed by atoms with van der Waals surface area (Å²) in [5.41, 5.74) is 3.54. The zero-order valence-electron chi connectivity index (χ0n) is 15.5. The monoisotopic (exact) mass is 349 g/mol. The number of carbonyl (C=O) groups is 1. The van der Waals surface area contributed by atoms with E-state index in [1.807, 2.05) is 0 Å². The number of aryl methyl sites for hydroxylation is 1. The van der Waals surface area contributed by atoms with E-state index in [0.29, 0.717) is 11.8 Å². The lowest BCUT2D eigenvalue weighted by Crippen LogP contribution is -2.55. The molecule has 26 heavy (non-hydrogen) atoms. The van der Waals surface area contributed by atoms with Crippen molar-refractivity contribution < 1.29 is 4.79 Å². The maximum absolute atomic E-state index is 13.2. The summed E-state index contributed by atoms with van der Waals surface area (Å²) in [5, 5.41) is 6.65. The number of aliphatic imine (C=N–C) groups is 1. The molecule has 5 rings (SSSR count). The number of nitrogens with zero attached hydrogens (tertiary/aromatic N) is 3. The summed E-state index contributed by atoms with van der Waals surface area (Å²) in [7, 11) is 0. The highest BCUT2D eigenvalue weighted by atomic mass is 16.2. The molecular formula is C22H27N3O. The molecule has 2 fully saturated rings. The van der Waals surface area contributed by atoms with Crippen molar-refractivity contribution in [1.82, 2.24) is 5.01 Å². The number of amides is 1. The predicted octanol–water partition coefficient (Wildman–Crippen LogP) is 4.32. The third-order valence-electron chi connectivity index (χ3n) is 6.77. The van der Waals surface area contributed by atoms with Crippen LogP contribution in [0.25, 0.3) is 0 Å². The van der Waals surface area contributed by atoms with Crippen molar-refractivity contribution >= 4 is 17.5 Å². The quantitative estimate of drug-likeness (QED) is 0.745. The van der Waals surface area contributed by atoms with Crippen molar-refractivity contribution in [3.05, 3.63) is 35.4 Å². The molecule has 1 aromatic carbocycles. The number of benzene rings is 1. The second-order valence-corrected chi connectivity index (χ2v) is 8.44. The molecule has 1 amide bonds. The van der Waals surface area contributed by atoms with Gasteiger partial charge >= 0.3 is 0 Å². The van der Waals surface area contributed by atoms with E-state index in [0.717, 1.165) is 43.7 Å². The molecule has 4 nitrogen and oxygen atoms in total. The fourth-order valence-corrected chi connectivity index (χ4v) is 5.35. The van der Waals surface area contributed by atoms with E-state index in [4.69, 9.17) is 10.1 Å². The second-order valence-electron chi connectivity index (χ2n) is 8.44. The Morgan fingerprint density at radius 2 is 1.54 bits per heavy atom. The second kappa shape index (κ2) is 6.33. The van der Waals surface area contributed by atoms with Gasteiger partial charge in [-0.25, -0.2) is 0 Å². The molecule has 0 radical (unpaired) electrons. The van der Waals surface area contributed by atoms with Gasteiger partial charge in [0.15, 0.2) is 0 Å². The normalized spacial score (nSPS) is 33.6. The molecule has 4 aliphatic rings. The molecule has 0 spiro atoms. The van der Waals surface area contributed by atoms with Crippen LogP contribution < -0.4 is 0 Å².